The molecule has 0 atom stereocenters. The quantitative estimate of drug-likeness (QED) is 0.833. The summed E-state index contributed by atoms with van der Waals surface area (Å²) in [6.07, 6.45) is 6.55. The minimum absolute atomic E-state index is 0.361. The summed E-state index contributed by atoms with van der Waals surface area (Å²) in [6, 6.07) is 11.2. The molecule has 1 saturated heterocycles. The molecule has 1 heterocycles. The number of ether oxygens (including phenoxy) is 1. The molecule has 0 aromatic heterocycles. The van der Waals surface area contributed by atoms with Crippen LogP contribution in [0.15, 0.2) is 24.3 Å². The standard InChI is InChI=1S/C20H29N3O3S/c1-26-19-5-3-4-16(14-19)20(15-21)10-6-17(7-11-20)22-18-8-12-23(13-9-18)27(2,24)25/h3-5,14,17-18,22H,6-13H2,1-2H3/t17-,20-. The van der Waals surface area contributed by atoms with Crippen molar-refractivity contribution < 1.29 is 13.2 Å². The van der Waals surface area contributed by atoms with Gasteiger partial charge < -0.3 is 10.1 Å². The lowest BCUT2D eigenvalue weighted by Crippen LogP contribution is -2.49. The molecule has 27 heavy (non-hydrogen) atoms. The maximum Gasteiger partial charge on any atom is 0.211 e. The van der Waals surface area contributed by atoms with Gasteiger partial charge in [0.15, 0.2) is 0 Å². The minimum Gasteiger partial charge on any atom is -0.497 e. The Balaban J connectivity index is 1.56. The van der Waals surface area contributed by atoms with Crippen LogP contribution in [0.2, 0.25) is 0 Å². The first-order valence-electron chi connectivity index (χ1n) is 9.63. The molecule has 1 aromatic carbocycles. The molecule has 0 spiro atoms. The Kier molecular flexibility index (Phi) is 6.09. The Bertz CT molecular complexity index is 787. The highest BCUT2D eigenvalue weighted by molar-refractivity contribution is 7.88. The highest BCUT2D eigenvalue weighted by atomic mass is 32.2. The van der Waals surface area contributed by atoms with Gasteiger partial charge in [0.1, 0.15) is 5.75 Å². The third-order valence-electron chi connectivity index (χ3n) is 6.07. The third-order valence-corrected chi connectivity index (χ3v) is 7.37. The van der Waals surface area contributed by atoms with Crippen LogP contribution in [0.1, 0.15) is 44.1 Å². The van der Waals surface area contributed by atoms with Crippen molar-refractivity contribution in [2.75, 3.05) is 26.5 Å². The van der Waals surface area contributed by atoms with Crippen molar-refractivity contribution in [3.8, 4) is 11.8 Å². The molecule has 2 fully saturated rings. The predicted octanol–water partition coefficient (Wildman–Crippen LogP) is 2.41. The summed E-state index contributed by atoms with van der Waals surface area (Å²) >= 11 is 0. The zero-order valence-electron chi connectivity index (χ0n) is 16.1. The van der Waals surface area contributed by atoms with Gasteiger partial charge in [0.2, 0.25) is 10.0 Å². The van der Waals surface area contributed by atoms with Crippen molar-refractivity contribution in [3.63, 3.8) is 0 Å². The van der Waals surface area contributed by atoms with Crippen molar-refractivity contribution in [1.82, 2.24) is 9.62 Å². The Morgan fingerprint density at radius 2 is 1.81 bits per heavy atom. The number of benzene rings is 1. The lowest BCUT2D eigenvalue weighted by molar-refractivity contribution is 0.232. The van der Waals surface area contributed by atoms with Crippen molar-refractivity contribution in [2.24, 2.45) is 0 Å². The van der Waals surface area contributed by atoms with E-state index in [2.05, 4.69) is 11.4 Å². The lowest BCUT2D eigenvalue weighted by Gasteiger charge is -2.39. The van der Waals surface area contributed by atoms with Gasteiger partial charge in [-0.15, -0.1) is 0 Å². The number of methoxy groups -OCH3 is 1. The highest BCUT2D eigenvalue weighted by Crippen LogP contribution is 2.40. The highest BCUT2D eigenvalue weighted by Gasteiger charge is 2.38. The van der Waals surface area contributed by atoms with Crippen LogP contribution < -0.4 is 10.1 Å². The van der Waals surface area contributed by atoms with E-state index >= 15 is 0 Å². The summed E-state index contributed by atoms with van der Waals surface area (Å²) in [4.78, 5) is 0. The molecule has 148 valence electrons. The topological polar surface area (TPSA) is 82.4 Å². The zero-order valence-corrected chi connectivity index (χ0v) is 17.0. The van der Waals surface area contributed by atoms with Gasteiger partial charge >= 0.3 is 0 Å². The van der Waals surface area contributed by atoms with E-state index in [9.17, 15) is 13.7 Å². The maximum atomic E-state index is 11.6. The summed E-state index contributed by atoms with van der Waals surface area (Å²) in [5.74, 6) is 0.792. The second-order valence-corrected chi connectivity index (χ2v) is 9.79. The molecule has 7 heteroatoms. The smallest absolute Gasteiger partial charge is 0.211 e. The van der Waals surface area contributed by atoms with E-state index in [0.29, 0.717) is 25.2 Å². The van der Waals surface area contributed by atoms with E-state index in [0.717, 1.165) is 49.8 Å². The molecule has 0 bridgehead atoms. The maximum absolute atomic E-state index is 11.6. The van der Waals surface area contributed by atoms with Crippen LogP contribution in [-0.4, -0.2) is 51.3 Å². The zero-order chi connectivity index (χ0) is 19.5. The molecule has 0 radical (unpaired) electrons. The molecular weight excluding hydrogens is 362 g/mol. The second kappa shape index (κ2) is 8.17. The van der Waals surface area contributed by atoms with Crippen LogP contribution in [0.4, 0.5) is 0 Å². The van der Waals surface area contributed by atoms with E-state index < -0.39 is 15.4 Å². The third kappa shape index (κ3) is 4.63. The van der Waals surface area contributed by atoms with Crippen LogP contribution in [0, 0.1) is 11.3 Å². The monoisotopic (exact) mass is 391 g/mol. The number of rotatable bonds is 5. The Labute approximate surface area is 162 Å². The van der Waals surface area contributed by atoms with Gasteiger partial charge in [0.05, 0.1) is 24.8 Å². The molecular formula is C20H29N3O3S. The van der Waals surface area contributed by atoms with E-state index in [1.165, 1.54) is 6.26 Å². The Hall–Kier alpha value is -1.62. The first-order valence-corrected chi connectivity index (χ1v) is 11.5. The van der Waals surface area contributed by atoms with E-state index in [4.69, 9.17) is 4.74 Å². The Morgan fingerprint density at radius 3 is 2.37 bits per heavy atom. The van der Waals surface area contributed by atoms with Gasteiger partial charge in [0.25, 0.3) is 0 Å². The number of nitrogens with zero attached hydrogens (tertiary/aromatic N) is 2. The van der Waals surface area contributed by atoms with Crippen molar-refractivity contribution in [3.05, 3.63) is 29.8 Å². The molecule has 6 nitrogen and oxygen atoms in total. The summed E-state index contributed by atoms with van der Waals surface area (Å²) in [7, 11) is -1.43. The number of hydrogen-bond acceptors (Lipinski definition) is 5. The van der Waals surface area contributed by atoms with Crippen molar-refractivity contribution in [2.45, 2.75) is 56.0 Å². The van der Waals surface area contributed by atoms with Crippen LogP contribution in [0.5, 0.6) is 5.75 Å². The summed E-state index contributed by atoms with van der Waals surface area (Å²) in [6.45, 7) is 1.18. The number of nitrogens with one attached hydrogen (secondary N) is 1. The van der Waals surface area contributed by atoms with Gasteiger partial charge in [-0.05, 0) is 56.2 Å². The fraction of sp³-hybridized carbons (Fsp3) is 0.650. The lowest BCUT2D eigenvalue weighted by atomic mass is 9.69. The van der Waals surface area contributed by atoms with Crippen LogP contribution in [0.25, 0.3) is 0 Å². The average molecular weight is 392 g/mol. The fourth-order valence-electron chi connectivity index (χ4n) is 4.35. The number of sulfonamides is 1. The number of nitriles is 1. The van der Waals surface area contributed by atoms with Crippen LogP contribution in [-0.2, 0) is 15.4 Å². The summed E-state index contributed by atoms with van der Waals surface area (Å²) < 4.78 is 30.2. The van der Waals surface area contributed by atoms with Gasteiger partial charge in [-0.2, -0.15) is 5.26 Å². The predicted molar refractivity (Wildman–Crippen MR) is 105 cm³/mol. The van der Waals surface area contributed by atoms with E-state index in [1.807, 2.05) is 24.3 Å². The normalized spacial score (nSPS) is 27.8. The molecule has 1 aliphatic heterocycles. The van der Waals surface area contributed by atoms with Gasteiger partial charge in [-0.1, -0.05) is 12.1 Å². The molecule has 1 aromatic rings. The fourth-order valence-corrected chi connectivity index (χ4v) is 5.22. The molecule has 3 rings (SSSR count). The minimum atomic E-state index is -3.08. The molecule has 1 N–H and O–H groups in total. The molecule has 2 aliphatic rings. The largest absolute Gasteiger partial charge is 0.497 e. The Morgan fingerprint density at radius 1 is 1.19 bits per heavy atom. The molecule has 1 saturated carbocycles. The second-order valence-electron chi connectivity index (χ2n) is 7.80. The SMILES string of the molecule is COc1cccc([C@]2(C#N)CC[C@@H](NC3CCN(S(C)(=O)=O)CC3)CC2)c1. The van der Waals surface area contributed by atoms with Crippen LogP contribution in [0.3, 0.4) is 0 Å². The average Bonchev–Trinajstić information content (AvgIpc) is 2.68. The molecule has 0 unspecified atom stereocenters. The van der Waals surface area contributed by atoms with Crippen molar-refractivity contribution >= 4 is 10.0 Å². The van der Waals surface area contributed by atoms with Crippen molar-refractivity contribution in [1.29, 1.82) is 5.26 Å². The molecule has 0 amide bonds. The van der Waals surface area contributed by atoms with Gasteiger partial charge in [-0.25, -0.2) is 12.7 Å². The summed E-state index contributed by atoms with van der Waals surface area (Å²) in [5, 5.41) is 13.6. The van der Waals surface area contributed by atoms with Gasteiger partial charge in [-0.3, -0.25) is 0 Å². The first kappa shape index (κ1) is 20.1. The van der Waals surface area contributed by atoms with E-state index in [-0.39, 0.29) is 0 Å². The number of hydrogen-bond donors (Lipinski definition) is 1. The first-order chi connectivity index (χ1) is 12.9. The van der Waals surface area contributed by atoms with Crippen LogP contribution >= 0.6 is 0 Å². The molecule has 1 aliphatic carbocycles. The van der Waals surface area contributed by atoms with Gasteiger partial charge in [0, 0.05) is 25.2 Å². The number of piperidine rings is 1. The summed E-state index contributed by atoms with van der Waals surface area (Å²) in [5.41, 5.74) is 0.607. The van der Waals surface area contributed by atoms with E-state index in [1.54, 1.807) is 11.4 Å².